The Morgan fingerprint density at radius 3 is 2.29 bits per heavy atom. The van der Waals surface area contributed by atoms with Crippen LogP contribution in [0.1, 0.15) is 112 Å². The summed E-state index contributed by atoms with van der Waals surface area (Å²) in [5, 5.41) is 30.5. The minimum absolute atomic E-state index is 0.0935. The molecule has 0 spiro atoms. The van der Waals surface area contributed by atoms with E-state index in [9.17, 15) is 20.1 Å². The van der Waals surface area contributed by atoms with Crippen molar-refractivity contribution < 1.29 is 20.1 Å². The molecule has 4 atom stereocenters. The van der Waals surface area contributed by atoms with Crippen LogP contribution in [0.4, 0.5) is 0 Å². The highest BCUT2D eigenvalue weighted by atomic mass is 16.3. The molecule has 0 bridgehead atoms. The van der Waals surface area contributed by atoms with Gasteiger partial charge in [0, 0.05) is 6.42 Å². The summed E-state index contributed by atoms with van der Waals surface area (Å²) in [6.07, 6.45) is 9.78. The standard InChI is InChI=1S/C24H46O4/c1-7-10-20(24(6)16-9-12-19(25)17-24)18(11-8-15-22(2,3)27)13-14-21(26)23(4,5)28/h18-20,25,27-28H,7-17H2,1-6H3. The zero-order valence-electron chi connectivity index (χ0n) is 19.3. The van der Waals surface area contributed by atoms with Crippen LogP contribution >= 0.6 is 0 Å². The Labute approximate surface area is 173 Å². The van der Waals surface area contributed by atoms with Gasteiger partial charge in [0.05, 0.1) is 11.7 Å². The summed E-state index contributed by atoms with van der Waals surface area (Å²) < 4.78 is 0. The van der Waals surface area contributed by atoms with Crippen LogP contribution in [0, 0.1) is 17.3 Å². The topological polar surface area (TPSA) is 77.8 Å². The van der Waals surface area contributed by atoms with Crippen molar-refractivity contribution >= 4 is 5.78 Å². The van der Waals surface area contributed by atoms with E-state index in [2.05, 4.69) is 13.8 Å². The van der Waals surface area contributed by atoms with Gasteiger partial charge in [0.2, 0.25) is 0 Å². The predicted molar refractivity (Wildman–Crippen MR) is 115 cm³/mol. The Balaban J connectivity index is 2.96. The SMILES string of the molecule is CCCC(C(CCCC(C)(C)O)CCC(=O)C(C)(C)O)C1(C)CCCC(O)C1. The third-order valence-electron chi connectivity index (χ3n) is 6.84. The molecule has 0 aromatic rings. The van der Waals surface area contributed by atoms with Gasteiger partial charge >= 0.3 is 0 Å². The second-order valence-corrected chi connectivity index (χ2v) is 10.8. The molecule has 0 radical (unpaired) electrons. The molecule has 0 aromatic carbocycles. The fourth-order valence-corrected chi connectivity index (χ4v) is 5.25. The molecular formula is C24H46O4. The molecule has 166 valence electrons. The third kappa shape index (κ3) is 8.51. The highest BCUT2D eigenvalue weighted by molar-refractivity contribution is 5.86. The van der Waals surface area contributed by atoms with Crippen LogP contribution in [-0.2, 0) is 4.79 Å². The van der Waals surface area contributed by atoms with Crippen molar-refractivity contribution in [1.82, 2.24) is 0 Å². The first-order chi connectivity index (χ1) is 12.8. The highest BCUT2D eigenvalue weighted by Crippen LogP contribution is 2.49. The van der Waals surface area contributed by atoms with E-state index >= 15 is 0 Å². The quantitative estimate of drug-likeness (QED) is 0.431. The van der Waals surface area contributed by atoms with Gasteiger partial charge in [0.25, 0.3) is 0 Å². The molecular weight excluding hydrogens is 352 g/mol. The van der Waals surface area contributed by atoms with Crippen LogP contribution in [-0.4, -0.2) is 38.4 Å². The molecule has 1 aliphatic carbocycles. The monoisotopic (exact) mass is 398 g/mol. The first kappa shape index (κ1) is 25.6. The molecule has 4 heteroatoms. The Bertz CT molecular complexity index is 474. The van der Waals surface area contributed by atoms with Gasteiger partial charge in [-0.25, -0.2) is 0 Å². The number of rotatable bonds is 12. The van der Waals surface area contributed by atoms with Crippen LogP contribution in [0.25, 0.3) is 0 Å². The van der Waals surface area contributed by atoms with Gasteiger partial charge < -0.3 is 15.3 Å². The normalized spacial score (nSPS) is 26.1. The molecule has 3 N–H and O–H groups in total. The smallest absolute Gasteiger partial charge is 0.163 e. The number of ketones is 1. The summed E-state index contributed by atoms with van der Waals surface area (Å²) in [7, 11) is 0. The predicted octanol–water partition coefficient (Wildman–Crippen LogP) is 5.02. The minimum atomic E-state index is -1.27. The van der Waals surface area contributed by atoms with Crippen molar-refractivity contribution in [3.05, 3.63) is 0 Å². The van der Waals surface area contributed by atoms with Crippen LogP contribution in [0.2, 0.25) is 0 Å². The molecule has 0 heterocycles. The Kier molecular flexibility index (Phi) is 9.63. The Morgan fingerprint density at radius 2 is 1.79 bits per heavy atom. The largest absolute Gasteiger partial charge is 0.393 e. The number of hydrogen-bond donors (Lipinski definition) is 3. The van der Waals surface area contributed by atoms with Crippen LogP contribution in [0.15, 0.2) is 0 Å². The summed E-state index contributed by atoms with van der Waals surface area (Å²) in [6.45, 7) is 11.4. The van der Waals surface area contributed by atoms with E-state index in [-0.39, 0.29) is 17.3 Å². The molecule has 0 aliphatic heterocycles. The average Bonchev–Trinajstić information content (AvgIpc) is 2.53. The summed E-state index contributed by atoms with van der Waals surface area (Å²) in [5.41, 5.74) is -1.84. The van der Waals surface area contributed by atoms with Gasteiger partial charge in [-0.1, -0.05) is 39.5 Å². The Hall–Kier alpha value is -0.450. The lowest BCUT2D eigenvalue weighted by atomic mass is 9.59. The number of hydrogen-bond acceptors (Lipinski definition) is 4. The maximum atomic E-state index is 12.4. The van der Waals surface area contributed by atoms with Crippen molar-refractivity contribution in [3.63, 3.8) is 0 Å². The summed E-state index contributed by atoms with van der Waals surface area (Å²) in [6, 6.07) is 0. The van der Waals surface area contributed by atoms with Gasteiger partial charge in [-0.2, -0.15) is 0 Å². The van der Waals surface area contributed by atoms with Gasteiger partial charge in [-0.3, -0.25) is 4.79 Å². The van der Waals surface area contributed by atoms with E-state index in [0.717, 1.165) is 64.2 Å². The Morgan fingerprint density at radius 1 is 1.14 bits per heavy atom. The molecule has 0 aromatic heterocycles. The van der Waals surface area contributed by atoms with E-state index < -0.39 is 11.2 Å². The van der Waals surface area contributed by atoms with Crippen LogP contribution < -0.4 is 0 Å². The molecule has 1 fully saturated rings. The lowest BCUT2D eigenvalue weighted by Crippen LogP contribution is -2.40. The van der Waals surface area contributed by atoms with E-state index in [0.29, 0.717) is 18.3 Å². The molecule has 4 unspecified atom stereocenters. The van der Waals surface area contributed by atoms with E-state index in [1.807, 2.05) is 13.8 Å². The van der Waals surface area contributed by atoms with Crippen molar-refractivity contribution in [2.75, 3.05) is 0 Å². The van der Waals surface area contributed by atoms with Crippen LogP contribution in [0.5, 0.6) is 0 Å². The number of Topliss-reactive ketones (excluding diaryl/α,β-unsaturated/α-hetero) is 1. The van der Waals surface area contributed by atoms with Crippen molar-refractivity contribution in [2.45, 2.75) is 129 Å². The molecule has 0 amide bonds. The summed E-state index contributed by atoms with van der Waals surface area (Å²) in [5.74, 6) is 0.747. The lowest BCUT2D eigenvalue weighted by Gasteiger charge is -2.46. The molecule has 4 nitrogen and oxygen atoms in total. The van der Waals surface area contributed by atoms with Crippen molar-refractivity contribution in [3.8, 4) is 0 Å². The maximum Gasteiger partial charge on any atom is 0.163 e. The molecule has 28 heavy (non-hydrogen) atoms. The number of aliphatic hydroxyl groups excluding tert-OH is 1. The van der Waals surface area contributed by atoms with Crippen molar-refractivity contribution in [1.29, 1.82) is 0 Å². The van der Waals surface area contributed by atoms with Gasteiger partial charge in [-0.15, -0.1) is 0 Å². The highest BCUT2D eigenvalue weighted by Gasteiger charge is 2.41. The van der Waals surface area contributed by atoms with Crippen molar-refractivity contribution in [2.24, 2.45) is 17.3 Å². The molecule has 1 saturated carbocycles. The lowest BCUT2D eigenvalue weighted by molar-refractivity contribution is -0.134. The number of aliphatic hydroxyl groups is 3. The second-order valence-electron chi connectivity index (χ2n) is 10.8. The van der Waals surface area contributed by atoms with Crippen LogP contribution in [0.3, 0.4) is 0 Å². The van der Waals surface area contributed by atoms with E-state index in [1.165, 1.54) is 0 Å². The maximum absolute atomic E-state index is 12.4. The van der Waals surface area contributed by atoms with E-state index in [1.54, 1.807) is 13.8 Å². The first-order valence-corrected chi connectivity index (χ1v) is 11.4. The van der Waals surface area contributed by atoms with Gasteiger partial charge in [0.15, 0.2) is 5.78 Å². The zero-order valence-corrected chi connectivity index (χ0v) is 19.3. The number of carbonyl (C=O) groups excluding carboxylic acids is 1. The van der Waals surface area contributed by atoms with Gasteiger partial charge in [0.1, 0.15) is 5.60 Å². The van der Waals surface area contributed by atoms with E-state index in [4.69, 9.17) is 0 Å². The minimum Gasteiger partial charge on any atom is -0.393 e. The fraction of sp³-hybridized carbons (Fsp3) is 0.958. The molecule has 0 saturated heterocycles. The fourth-order valence-electron chi connectivity index (χ4n) is 5.25. The van der Waals surface area contributed by atoms with Gasteiger partial charge in [-0.05, 0) is 83.5 Å². The third-order valence-corrected chi connectivity index (χ3v) is 6.84. The zero-order chi connectivity index (χ0) is 21.6. The second kappa shape index (κ2) is 10.5. The summed E-state index contributed by atoms with van der Waals surface area (Å²) >= 11 is 0. The number of carbonyl (C=O) groups is 1. The molecule has 1 rings (SSSR count). The summed E-state index contributed by atoms with van der Waals surface area (Å²) in [4.78, 5) is 12.4. The first-order valence-electron chi connectivity index (χ1n) is 11.4. The average molecular weight is 399 g/mol. The molecule has 1 aliphatic rings.